The first-order chi connectivity index (χ1) is 8.13. The van der Waals surface area contributed by atoms with Gasteiger partial charge in [-0.2, -0.15) is 0 Å². The average Bonchev–Trinajstić information content (AvgIpc) is 2.62. The van der Waals surface area contributed by atoms with Crippen LogP contribution in [0.2, 0.25) is 0 Å². The van der Waals surface area contributed by atoms with Crippen LogP contribution in [0.15, 0.2) is 6.07 Å². The number of hydrogen-bond donors (Lipinski definition) is 1. The van der Waals surface area contributed by atoms with Gasteiger partial charge >= 0.3 is 0 Å². The van der Waals surface area contributed by atoms with Crippen molar-refractivity contribution >= 4 is 0 Å². The van der Waals surface area contributed by atoms with Gasteiger partial charge in [0.15, 0.2) is 11.5 Å². The highest BCUT2D eigenvalue weighted by Gasteiger charge is 2.36. The van der Waals surface area contributed by atoms with Crippen molar-refractivity contribution in [2.45, 2.75) is 19.1 Å². The summed E-state index contributed by atoms with van der Waals surface area (Å²) in [5.74, 6) is 2.01. The van der Waals surface area contributed by atoms with E-state index in [0.717, 1.165) is 0 Å². The predicted molar refractivity (Wildman–Crippen MR) is 61.1 cm³/mol. The normalized spacial score (nSPS) is 21.7. The summed E-state index contributed by atoms with van der Waals surface area (Å²) in [6, 6.07) is 1.70. The molecule has 0 fully saturated rings. The van der Waals surface area contributed by atoms with Gasteiger partial charge in [0, 0.05) is 6.07 Å². The lowest BCUT2D eigenvalue weighted by molar-refractivity contribution is 0.0783. The monoisotopic (exact) mass is 240 g/mol. The van der Waals surface area contributed by atoms with E-state index < -0.39 is 6.10 Å². The number of aliphatic hydroxyl groups is 1. The van der Waals surface area contributed by atoms with E-state index in [4.69, 9.17) is 18.9 Å². The Labute approximate surface area is 99.9 Å². The van der Waals surface area contributed by atoms with E-state index in [-0.39, 0.29) is 6.10 Å². The second kappa shape index (κ2) is 4.33. The van der Waals surface area contributed by atoms with Crippen molar-refractivity contribution in [3.05, 3.63) is 11.6 Å². The van der Waals surface area contributed by atoms with Crippen LogP contribution in [-0.2, 0) is 0 Å². The lowest BCUT2D eigenvalue weighted by atomic mass is 10.1. The third-order valence-electron chi connectivity index (χ3n) is 2.88. The smallest absolute Gasteiger partial charge is 0.203 e. The van der Waals surface area contributed by atoms with E-state index in [2.05, 4.69) is 0 Å². The maximum atomic E-state index is 10.0. The van der Waals surface area contributed by atoms with Crippen molar-refractivity contribution in [1.82, 2.24) is 0 Å². The lowest BCUT2D eigenvalue weighted by Gasteiger charge is -2.15. The van der Waals surface area contributed by atoms with Gasteiger partial charge in [-0.25, -0.2) is 0 Å². The highest BCUT2D eigenvalue weighted by atomic mass is 16.5. The minimum atomic E-state index is -0.722. The van der Waals surface area contributed by atoms with Crippen molar-refractivity contribution in [2.24, 2.45) is 0 Å². The van der Waals surface area contributed by atoms with Gasteiger partial charge in [0.05, 0.1) is 26.9 Å². The van der Waals surface area contributed by atoms with Gasteiger partial charge in [-0.15, -0.1) is 0 Å². The van der Waals surface area contributed by atoms with Crippen LogP contribution in [0, 0.1) is 0 Å². The minimum absolute atomic E-state index is 0.310. The van der Waals surface area contributed by atoms with Gasteiger partial charge in [-0.3, -0.25) is 0 Å². The Hall–Kier alpha value is -1.62. The lowest BCUT2D eigenvalue weighted by Crippen LogP contribution is -2.13. The van der Waals surface area contributed by atoms with E-state index in [9.17, 15) is 5.11 Å². The number of fused-ring (bicyclic) bond motifs is 1. The summed E-state index contributed by atoms with van der Waals surface area (Å²) >= 11 is 0. The molecule has 0 spiro atoms. The summed E-state index contributed by atoms with van der Waals surface area (Å²) < 4.78 is 21.3. The summed E-state index contributed by atoms with van der Waals surface area (Å²) in [4.78, 5) is 0. The molecule has 1 aromatic rings. The first kappa shape index (κ1) is 11.9. The topological polar surface area (TPSA) is 57.2 Å². The number of ether oxygens (including phenoxy) is 4. The van der Waals surface area contributed by atoms with Crippen molar-refractivity contribution < 1.29 is 24.1 Å². The van der Waals surface area contributed by atoms with E-state index in [1.165, 1.54) is 14.2 Å². The van der Waals surface area contributed by atoms with Crippen LogP contribution in [0.3, 0.4) is 0 Å². The molecule has 94 valence electrons. The van der Waals surface area contributed by atoms with Crippen LogP contribution in [0.4, 0.5) is 0 Å². The second-order valence-corrected chi connectivity index (χ2v) is 3.82. The number of benzene rings is 1. The summed E-state index contributed by atoms with van der Waals surface area (Å²) in [6.07, 6.45) is -1.03. The summed E-state index contributed by atoms with van der Waals surface area (Å²) in [5.41, 5.74) is 0.609. The van der Waals surface area contributed by atoms with Crippen LogP contribution < -0.4 is 18.9 Å². The fraction of sp³-hybridized carbons (Fsp3) is 0.500. The molecule has 1 N–H and O–H groups in total. The van der Waals surface area contributed by atoms with Gasteiger partial charge in [0.1, 0.15) is 18.0 Å². The number of aliphatic hydroxyl groups excluding tert-OH is 1. The minimum Gasteiger partial charge on any atom is -0.493 e. The van der Waals surface area contributed by atoms with Gasteiger partial charge in [-0.1, -0.05) is 0 Å². The molecule has 0 bridgehead atoms. The Bertz CT molecular complexity index is 429. The summed E-state index contributed by atoms with van der Waals surface area (Å²) in [7, 11) is 4.59. The van der Waals surface area contributed by atoms with E-state index in [1.807, 2.05) is 0 Å². The highest BCUT2D eigenvalue weighted by Crippen LogP contribution is 2.51. The van der Waals surface area contributed by atoms with Crippen LogP contribution in [0.1, 0.15) is 18.6 Å². The van der Waals surface area contributed by atoms with Crippen LogP contribution in [-0.4, -0.2) is 32.5 Å². The molecule has 0 saturated heterocycles. The Kier molecular flexibility index (Phi) is 3.02. The molecular formula is C12H16O5. The maximum Gasteiger partial charge on any atom is 0.203 e. The summed E-state index contributed by atoms with van der Waals surface area (Å²) in [5, 5.41) is 10.0. The number of methoxy groups -OCH3 is 3. The van der Waals surface area contributed by atoms with Crippen molar-refractivity contribution in [2.75, 3.05) is 21.3 Å². The van der Waals surface area contributed by atoms with E-state index in [0.29, 0.717) is 28.6 Å². The molecule has 0 radical (unpaired) electrons. The largest absolute Gasteiger partial charge is 0.493 e. The molecule has 0 aromatic heterocycles. The molecule has 0 saturated carbocycles. The Balaban J connectivity index is 2.65. The van der Waals surface area contributed by atoms with Gasteiger partial charge in [-0.05, 0) is 6.92 Å². The van der Waals surface area contributed by atoms with Crippen LogP contribution in [0.25, 0.3) is 0 Å². The molecule has 1 aromatic carbocycles. The zero-order valence-corrected chi connectivity index (χ0v) is 10.3. The molecule has 5 heteroatoms. The number of hydrogen-bond acceptors (Lipinski definition) is 5. The molecule has 1 heterocycles. The van der Waals surface area contributed by atoms with Crippen LogP contribution >= 0.6 is 0 Å². The third kappa shape index (κ3) is 1.67. The molecule has 2 atom stereocenters. The second-order valence-electron chi connectivity index (χ2n) is 3.82. The molecule has 0 aliphatic carbocycles. The highest BCUT2D eigenvalue weighted by molar-refractivity contribution is 5.63. The average molecular weight is 240 g/mol. The Morgan fingerprint density at radius 1 is 1.12 bits per heavy atom. The van der Waals surface area contributed by atoms with Crippen molar-refractivity contribution in [1.29, 1.82) is 0 Å². The first-order valence-electron chi connectivity index (χ1n) is 5.31. The first-order valence-corrected chi connectivity index (χ1v) is 5.31. The van der Waals surface area contributed by atoms with Crippen molar-refractivity contribution in [3.63, 3.8) is 0 Å². The standard InChI is InChI=1S/C12H16O5/c1-6-10(13)9-7(17-6)5-8(14-2)11(15-3)12(9)16-4/h5-6,10,13H,1-4H3. The molecule has 2 unspecified atom stereocenters. The molecule has 2 rings (SSSR count). The fourth-order valence-electron chi connectivity index (χ4n) is 2.03. The Morgan fingerprint density at radius 3 is 2.29 bits per heavy atom. The van der Waals surface area contributed by atoms with E-state index >= 15 is 0 Å². The fourth-order valence-corrected chi connectivity index (χ4v) is 2.03. The molecule has 5 nitrogen and oxygen atoms in total. The van der Waals surface area contributed by atoms with E-state index in [1.54, 1.807) is 20.1 Å². The SMILES string of the molecule is COc1cc2c(c(OC)c1OC)C(O)C(C)O2. The molecule has 1 aliphatic rings. The van der Waals surface area contributed by atoms with Crippen molar-refractivity contribution in [3.8, 4) is 23.0 Å². The Morgan fingerprint density at radius 2 is 1.76 bits per heavy atom. The zero-order valence-electron chi connectivity index (χ0n) is 10.3. The molecule has 17 heavy (non-hydrogen) atoms. The van der Waals surface area contributed by atoms with Gasteiger partial charge in [0.2, 0.25) is 5.75 Å². The van der Waals surface area contributed by atoms with Gasteiger partial charge in [0.25, 0.3) is 0 Å². The third-order valence-corrected chi connectivity index (χ3v) is 2.88. The number of rotatable bonds is 3. The van der Waals surface area contributed by atoms with Gasteiger partial charge < -0.3 is 24.1 Å². The predicted octanol–water partition coefficient (Wildman–Crippen LogP) is 1.53. The molecular weight excluding hydrogens is 224 g/mol. The molecule has 0 amide bonds. The maximum absolute atomic E-state index is 10.0. The summed E-state index contributed by atoms with van der Waals surface area (Å²) in [6.45, 7) is 1.79. The molecule has 1 aliphatic heterocycles. The van der Waals surface area contributed by atoms with Crippen LogP contribution in [0.5, 0.6) is 23.0 Å². The zero-order chi connectivity index (χ0) is 12.6. The quantitative estimate of drug-likeness (QED) is 0.868.